The van der Waals surface area contributed by atoms with Crippen molar-refractivity contribution in [2.24, 2.45) is 0 Å². The van der Waals surface area contributed by atoms with Gasteiger partial charge in [-0.15, -0.1) is 11.6 Å². The number of aromatic hydroxyl groups is 1. The number of rotatable bonds is 2. The summed E-state index contributed by atoms with van der Waals surface area (Å²) < 4.78 is 0.920. The van der Waals surface area contributed by atoms with E-state index < -0.39 is 0 Å². The molecule has 0 heterocycles. The van der Waals surface area contributed by atoms with E-state index in [1.165, 1.54) is 6.42 Å². The Labute approximate surface area is 131 Å². The summed E-state index contributed by atoms with van der Waals surface area (Å²) >= 11 is 8.43. The fraction of sp³-hybridized carbons (Fsp3) is 0.500. The molecule has 0 radical (unpaired) electrons. The summed E-state index contributed by atoms with van der Waals surface area (Å²) in [5.41, 5.74) is 0.319. The molecule has 2 atom stereocenters. The normalized spacial score (nSPS) is 23.7. The zero-order chi connectivity index (χ0) is 13.8. The van der Waals surface area contributed by atoms with Crippen LogP contribution in [0.2, 0.25) is 0 Å². The van der Waals surface area contributed by atoms with Gasteiger partial charge in [0.1, 0.15) is 5.75 Å². The molecule has 0 aromatic heterocycles. The quantitative estimate of drug-likeness (QED) is 0.458. The van der Waals surface area contributed by atoms with Crippen molar-refractivity contribution in [1.29, 1.82) is 0 Å². The largest absolute Gasteiger partial charge is 0.507 e. The van der Waals surface area contributed by atoms with Gasteiger partial charge in [-0.05, 0) is 53.6 Å². The summed E-state index contributed by atoms with van der Waals surface area (Å²) in [6, 6.07) is 4.99. The van der Waals surface area contributed by atoms with Gasteiger partial charge in [0.25, 0.3) is 5.91 Å². The van der Waals surface area contributed by atoms with Crippen molar-refractivity contribution in [1.82, 2.24) is 5.32 Å². The average Bonchev–Trinajstić information content (AvgIpc) is 2.58. The number of benzene rings is 1. The van der Waals surface area contributed by atoms with E-state index in [1.54, 1.807) is 18.2 Å². The van der Waals surface area contributed by atoms with Crippen LogP contribution >= 0.6 is 34.2 Å². The van der Waals surface area contributed by atoms with Crippen LogP contribution in [-0.4, -0.2) is 22.4 Å². The van der Waals surface area contributed by atoms with Crippen molar-refractivity contribution < 1.29 is 9.90 Å². The second kappa shape index (κ2) is 6.79. The zero-order valence-corrected chi connectivity index (χ0v) is 13.4. The van der Waals surface area contributed by atoms with Gasteiger partial charge in [-0.2, -0.15) is 0 Å². The number of phenolic OH excluding ortho intramolecular Hbond substituents is 1. The van der Waals surface area contributed by atoms with Gasteiger partial charge in [0.05, 0.1) is 10.9 Å². The lowest BCUT2D eigenvalue weighted by atomic mass is 10.1. The molecule has 2 unspecified atom stereocenters. The molecule has 0 spiro atoms. The maximum absolute atomic E-state index is 12.2. The Balaban J connectivity index is 2.09. The minimum absolute atomic E-state index is 0.00562. The van der Waals surface area contributed by atoms with Crippen LogP contribution in [0, 0.1) is 3.57 Å². The van der Waals surface area contributed by atoms with Gasteiger partial charge in [0, 0.05) is 9.61 Å². The van der Waals surface area contributed by atoms with Crippen molar-refractivity contribution in [2.75, 3.05) is 0 Å². The number of alkyl halides is 1. The van der Waals surface area contributed by atoms with Gasteiger partial charge < -0.3 is 10.4 Å². The van der Waals surface area contributed by atoms with E-state index in [2.05, 4.69) is 27.9 Å². The Bertz CT molecular complexity index is 467. The van der Waals surface area contributed by atoms with Crippen LogP contribution in [0.15, 0.2) is 18.2 Å². The number of nitrogens with one attached hydrogen (secondary N) is 1. The molecule has 1 saturated carbocycles. The first kappa shape index (κ1) is 14.9. The van der Waals surface area contributed by atoms with Crippen LogP contribution < -0.4 is 5.32 Å². The molecule has 1 aromatic rings. The predicted octanol–water partition coefficient (Wildman–Crippen LogP) is 3.67. The van der Waals surface area contributed by atoms with E-state index >= 15 is 0 Å². The molecule has 1 aromatic carbocycles. The highest BCUT2D eigenvalue weighted by atomic mass is 127. The van der Waals surface area contributed by atoms with Gasteiger partial charge in [0.15, 0.2) is 0 Å². The Morgan fingerprint density at radius 1 is 1.32 bits per heavy atom. The second-order valence-corrected chi connectivity index (χ2v) is 6.70. The zero-order valence-electron chi connectivity index (χ0n) is 10.5. The van der Waals surface area contributed by atoms with E-state index in [1.807, 2.05) is 0 Å². The van der Waals surface area contributed by atoms with E-state index in [9.17, 15) is 9.90 Å². The summed E-state index contributed by atoms with van der Waals surface area (Å²) in [6.45, 7) is 0. The molecule has 1 fully saturated rings. The van der Waals surface area contributed by atoms with Gasteiger partial charge in [0.2, 0.25) is 0 Å². The molecule has 5 heteroatoms. The summed E-state index contributed by atoms with van der Waals surface area (Å²) in [7, 11) is 0. The van der Waals surface area contributed by atoms with Crippen LogP contribution in [-0.2, 0) is 0 Å². The fourth-order valence-corrected chi connectivity index (χ4v) is 3.20. The SMILES string of the molecule is O=C(NC1CCCCCC1Cl)c1cc(I)ccc1O. The Kier molecular flexibility index (Phi) is 5.33. The standard InChI is InChI=1S/C14H17ClINO2/c15-11-4-2-1-3-5-12(11)17-14(19)10-8-9(16)6-7-13(10)18/h6-8,11-12,18H,1-5H2,(H,17,19). The number of halogens is 2. The molecule has 1 amide bonds. The maximum atomic E-state index is 12.2. The van der Waals surface area contributed by atoms with Crippen LogP contribution in [0.5, 0.6) is 5.75 Å². The Morgan fingerprint density at radius 2 is 2.05 bits per heavy atom. The van der Waals surface area contributed by atoms with Crippen LogP contribution in [0.25, 0.3) is 0 Å². The van der Waals surface area contributed by atoms with Gasteiger partial charge in [-0.1, -0.05) is 19.3 Å². The minimum atomic E-state index is -0.242. The monoisotopic (exact) mass is 393 g/mol. The van der Waals surface area contributed by atoms with Crippen molar-refractivity contribution in [3.63, 3.8) is 0 Å². The molecule has 2 N–H and O–H groups in total. The highest BCUT2D eigenvalue weighted by Gasteiger charge is 2.24. The summed E-state index contributed by atoms with van der Waals surface area (Å²) in [5, 5.41) is 12.7. The summed E-state index contributed by atoms with van der Waals surface area (Å²) in [4.78, 5) is 12.2. The highest BCUT2D eigenvalue weighted by Crippen LogP contribution is 2.24. The summed E-state index contributed by atoms with van der Waals surface area (Å²) in [6.07, 6.45) is 5.22. The average molecular weight is 394 g/mol. The summed E-state index contributed by atoms with van der Waals surface area (Å²) in [5.74, 6) is -0.230. The molecule has 3 nitrogen and oxygen atoms in total. The molecule has 19 heavy (non-hydrogen) atoms. The first-order valence-electron chi connectivity index (χ1n) is 6.51. The first-order chi connectivity index (χ1) is 9.08. The van der Waals surface area contributed by atoms with E-state index in [0.717, 1.165) is 29.3 Å². The molecule has 1 aliphatic rings. The van der Waals surface area contributed by atoms with E-state index in [0.29, 0.717) is 5.56 Å². The van der Waals surface area contributed by atoms with Crippen molar-refractivity contribution in [2.45, 2.75) is 43.5 Å². The molecule has 0 aliphatic heterocycles. The van der Waals surface area contributed by atoms with Crippen molar-refractivity contribution in [3.8, 4) is 5.75 Å². The molecule has 104 valence electrons. The van der Waals surface area contributed by atoms with E-state index in [4.69, 9.17) is 11.6 Å². The van der Waals surface area contributed by atoms with Crippen LogP contribution in [0.4, 0.5) is 0 Å². The molecule has 2 rings (SSSR count). The lowest BCUT2D eigenvalue weighted by Crippen LogP contribution is -2.40. The minimum Gasteiger partial charge on any atom is -0.507 e. The first-order valence-corrected chi connectivity index (χ1v) is 8.03. The number of hydrogen-bond acceptors (Lipinski definition) is 2. The fourth-order valence-electron chi connectivity index (χ4n) is 2.36. The number of carbonyl (C=O) groups excluding carboxylic acids is 1. The number of amides is 1. The van der Waals surface area contributed by atoms with Crippen LogP contribution in [0.3, 0.4) is 0 Å². The Hall–Kier alpha value is -0.490. The Morgan fingerprint density at radius 3 is 2.84 bits per heavy atom. The van der Waals surface area contributed by atoms with Gasteiger partial charge >= 0.3 is 0 Å². The molecular weight excluding hydrogens is 377 g/mol. The van der Waals surface area contributed by atoms with Gasteiger partial charge in [-0.25, -0.2) is 0 Å². The van der Waals surface area contributed by atoms with Gasteiger partial charge in [-0.3, -0.25) is 4.79 Å². The third kappa shape index (κ3) is 3.99. The number of carbonyl (C=O) groups is 1. The number of phenols is 1. The molecule has 0 bridgehead atoms. The number of hydrogen-bond donors (Lipinski definition) is 2. The topological polar surface area (TPSA) is 49.3 Å². The maximum Gasteiger partial charge on any atom is 0.255 e. The molecule has 0 saturated heterocycles. The third-order valence-electron chi connectivity index (χ3n) is 3.45. The van der Waals surface area contributed by atoms with Crippen molar-refractivity contribution in [3.05, 3.63) is 27.3 Å². The molecular formula is C14H17ClINO2. The van der Waals surface area contributed by atoms with Crippen molar-refractivity contribution >= 4 is 40.1 Å². The molecule has 1 aliphatic carbocycles. The smallest absolute Gasteiger partial charge is 0.255 e. The predicted molar refractivity (Wildman–Crippen MR) is 84.8 cm³/mol. The lowest BCUT2D eigenvalue weighted by Gasteiger charge is -2.21. The van der Waals surface area contributed by atoms with E-state index in [-0.39, 0.29) is 23.1 Å². The van der Waals surface area contributed by atoms with Crippen LogP contribution in [0.1, 0.15) is 42.5 Å². The highest BCUT2D eigenvalue weighted by molar-refractivity contribution is 14.1. The second-order valence-electron chi connectivity index (χ2n) is 4.90. The third-order valence-corrected chi connectivity index (χ3v) is 4.64. The lowest BCUT2D eigenvalue weighted by molar-refractivity contribution is 0.0931.